The van der Waals surface area contributed by atoms with Gasteiger partial charge >= 0.3 is 0 Å². The molecule has 0 aromatic heterocycles. The Bertz CT molecular complexity index is 365. The predicted molar refractivity (Wildman–Crippen MR) is 65.7 cm³/mol. The lowest BCUT2D eigenvalue weighted by molar-refractivity contribution is -0.121. The zero-order chi connectivity index (χ0) is 13.7. The van der Waals surface area contributed by atoms with Crippen LogP contribution in [0.1, 0.15) is 6.42 Å². The molecule has 0 aliphatic carbocycles. The van der Waals surface area contributed by atoms with E-state index in [2.05, 4.69) is 15.3 Å². The minimum atomic E-state index is -1.12. The van der Waals surface area contributed by atoms with Crippen molar-refractivity contribution in [3.05, 3.63) is 0 Å². The third-order valence-electron chi connectivity index (χ3n) is 2.52. The molecule has 0 amide bonds. The number of guanidine groups is 2. The van der Waals surface area contributed by atoms with E-state index < -0.39 is 24.8 Å². The first-order valence-corrected chi connectivity index (χ1v) is 5.42. The van der Waals surface area contributed by atoms with Gasteiger partial charge in [-0.1, -0.05) is 0 Å². The summed E-state index contributed by atoms with van der Waals surface area (Å²) in [5, 5.41) is 21.1. The molecule has 9 heteroatoms. The second-order valence-corrected chi connectivity index (χ2v) is 3.90. The second kappa shape index (κ2) is 6.17. The van der Waals surface area contributed by atoms with Crippen LogP contribution in [0, 0.1) is 0 Å². The second-order valence-electron chi connectivity index (χ2n) is 3.90. The highest BCUT2D eigenvalue weighted by Gasteiger charge is 2.37. The van der Waals surface area contributed by atoms with Gasteiger partial charge in [0, 0.05) is 13.0 Å². The first-order valence-electron chi connectivity index (χ1n) is 5.42. The van der Waals surface area contributed by atoms with Crippen LogP contribution in [0.15, 0.2) is 9.98 Å². The molecule has 0 aromatic rings. The van der Waals surface area contributed by atoms with Crippen molar-refractivity contribution in [2.24, 2.45) is 27.2 Å². The lowest BCUT2D eigenvalue weighted by atomic mass is 9.99. The number of nitrogens with zero attached hydrogens (tertiary/aromatic N) is 2. The fourth-order valence-electron chi connectivity index (χ4n) is 1.65. The minimum Gasteiger partial charge on any atom is -0.394 e. The van der Waals surface area contributed by atoms with Gasteiger partial charge in [0.25, 0.3) is 0 Å². The van der Waals surface area contributed by atoms with Gasteiger partial charge in [0.1, 0.15) is 6.04 Å². The molecule has 0 radical (unpaired) electrons. The van der Waals surface area contributed by atoms with Crippen LogP contribution < -0.4 is 22.5 Å². The maximum atomic E-state index is 11.9. The maximum Gasteiger partial charge on any atom is 0.189 e. The van der Waals surface area contributed by atoms with Gasteiger partial charge in [-0.05, 0) is 0 Å². The molecule has 1 heterocycles. The summed E-state index contributed by atoms with van der Waals surface area (Å²) in [6.45, 7) is -0.340. The van der Waals surface area contributed by atoms with E-state index in [0.717, 1.165) is 0 Å². The number of aliphatic hydroxyl groups is 2. The number of Topliss-reactive ketones (excluding diaryl/α,β-unsaturated/α-hetero) is 1. The number of ketones is 1. The SMILES string of the molecule is NC(N)=NCCC(=O)C1N=C(N)NC1C(O)CO. The van der Waals surface area contributed by atoms with Crippen molar-refractivity contribution in [1.29, 1.82) is 0 Å². The first kappa shape index (κ1) is 14.2. The monoisotopic (exact) mass is 258 g/mol. The van der Waals surface area contributed by atoms with Gasteiger partial charge in [0.05, 0.1) is 18.8 Å². The molecule has 0 fully saturated rings. The molecule has 9 N–H and O–H groups in total. The van der Waals surface area contributed by atoms with Gasteiger partial charge in [-0.25, -0.2) is 4.99 Å². The summed E-state index contributed by atoms with van der Waals surface area (Å²) in [5.74, 6) is -0.291. The van der Waals surface area contributed by atoms with E-state index in [-0.39, 0.29) is 30.7 Å². The number of carbonyl (C=O) groups excluding carboxylic acids is 1. The van der Waals surface area contributed by atoms with E-state index in [0.29, 0.717) is 0 Å². The van der Waals surface area contributed by atoms with Gasteiger partial charge in [-0.15, -0.1) is 0 Å². The normalized spacial score (nSPS) is 24.0. The van der Waals surface area contributed by atoms with E-state index >= 15 is 0 Å². The van der Waals surface area contributed by atoms with Crippen LogP contribution in [-0.4, -0.2) is 59.3 Å². The molecule has 0 saturated heterocycles. The smallest absolute Gasteiger partial charge is 0.189 e. The van der Waals surface area contributed by atoms with E-state index in [1.165, 1.54) is 0 Å². The predicted octanol–water partition coefficient (Wildman–Crippen LogP) is -3.77. The van der Waals surface area contributed by atoms with Crippen LogP contribution in [0.2, 0.25) is 0 Å². The van der Waals surface area contributed by atoms with Crippen LogP contribution in [0.3, 0.4) is 0 Å². The molecule has 18 heavy (non-hydrogen) atoms. The molecule has 3 atom stereocenters. The van der Waals surface area contributed by atoms with Gasteiger partial charge in [0.2, 0.25) is 0 Å². The van der Waals surface area contributed by atoms with Crippen molar-refractivity contribution in [1.82, 2.24) is 5.32 Å². The van der Waals surface area contributed by atoms with Crippen LogP contribution in [0.4, 0.5) is 0 Å². The lowest BCUT2D eigenvalue weighted by Crippen LogP contribution is -2.49. The Balaban J connectivity index is 2.61. The largest absolute Gasteiger partial charge is 0.394 e. The number of hydrogen-bond donors (Lipinski definition) is 6. The standard InChI is InChI=1S/C9H18N6O3/c10-8(11)13-2-1-4(17)6-7(5(18)3-16)15-9(12)14-6/h5-7,16,18H,1-3H2,(H4,10,11,13)(H3,12,14,15). The zero-order valence-electron chi connectivity index (χ0n) is 9.78. The highest BCUT2D eigenvalue weighted by atomic mass is 16.3. The van der Waals surface area contributed by atoms with E-state index in [1.807, 2.05) is 0 Å². The summed E-state index contributed by atoms with van der Waals surface area (Å²) in [6, 6.07) is -1.55. The number of carbonyl (C=O) groups is 1. The van der Waals surface area contributed by atoms with E-state index in [4.69, 9.17) is 22.3 Å². The number of aliphatic imine (C=N–C) groups is 2. The fourth-order valence-corrected chi connectivity index (χ4v) is 1.65. The van der Waals surface area contributed by atoms with Gasteiger partial charge in [-0.2, -0.15) is 0 Å². The number of nitrogens with one attached hydrogen (secondary N) is 1. The summed E-state index contributed by atoms with van der Waals surface area (Å²) >= 11 is 0. The fraction of sp³-hybridized carbons (Fsp3) is 0.667. The van der Waals surface area contributed by atoms with Crippen LogP contribution >= 0.6 is 0 Å². The van der Waals surface area contributed by atoms with Gasteiger partial charge in [-0.3, -0.25) is 9.79 Å². The third-order valence-corrected chi connectivity index (χ3v) is 2.52. The molecule has 0 saturated carbocycles. The molecule has 0 bridgehead atoms. The summed E-state index contributed by atoms with van der Waals surface area (Å²) in [4.78, 5) is 19.4. The van der Waals surface area contributed by atoms with Crippen molar-refractivity contribution < 1.29 is 15.0 Å². The molecule has 1 rings (SSSR count). The summed E-state index contributed by atoms with van der Waals surface area (Å²) in [7, 11) is 0. The van der Waals surface area contributed by atoms with Crippen molar-refractivity contribution >= 4 is 17.7 Å². The van der Waals surface area contributed by atoms with E-state index in [9.17, 15) is 9.90 Å². The van der Waals surface area contributed by atoms with Crippen LogP contribution in [0.5, 0.6) is 0 Å². The number of hydrogen-bond acceptors (Lipinski definition) is 7. The minimum absolute atomic E-state index is 0.0627. The molecule has 0 aromatic carbocycles. The maximum absolute atomic E-state index is 11.9. The molecular formula is C9H18N6O3. The summed E-state index contributed by atoms with van der Waals surface area (Å²) in [6.07, 6.45) is -1.04. The molecule has 102 valence electrons. The molecule has 1 aliphatic rings. The van der Waals surface area contributed by atoms with Gasteiger partial charge < -0.3 is 32.7 Å². The number of rotatable bonds is 6. The van der Waals surface area contributed by atoms with Crippen molar-refractivity contribution in [3.63, 3.8) is 0 Å². The highest BCUT2D eigenvalue weighted by molar-refractivity contribution is 5.92. The Kier molecular flexibility index (Phi) is 4.86. The average Bonchev–Trinajstić information content (AvgIpc) is 2.69. The number of nitrogens with two attached hydrogens (primary N) is 3. The summed E-state index contributed by atoms with van der Waals surface area (Å²) < 4.78 is 0. The molecule has 0 spiro atoms. The van der Waals surface area contributed by atoms with E-state index in [1.54, 1.807) is 0 Å². The highest BCUT2D eigenvalue weighted by Crippen LogP contribution is 2.12. The topological polar surface area (TPSA) is 172 Å². The first-order chi connectivity index (χ1) is 8.45. The Hall–Kier alpha value is -1.87. The van der Waals surface area contributed by atoms with Crippen molar-refractivity contribution in [2.75, 3.05) is 13.2 Å². The Morgan fingerprint density at radius 2 is 2.22 bits per heavy atom. The van der Waals surface area contributed by atoms with Crippen LogP contribution in [-0.2, 0) is 4.79 Å². The molecule has 1 aliphatic heterocycles. The molecule has 9 nitrogen and oxygen atoms in total. The van der Waals surface area contributed by atoms with Crippen molar-refractivity contribution in [3.8, 4) is 0 Å². The Morgan fingerprint density at radius 3 is 2.78 bits per heavy atom. The lowest BCUT2D eigenvalue weighted by Gasteiger charge is -2.21. The van der Waals surface area contributed by atoms with Crippen LogP contribution in [0.25, 0.3) is 0 Å². The molecular weight excluding hydrogens is 240 g/mol. The third kappa shape index (κ3) is 3.57. The Labute approximate surface area is 104 Å². The van der Waals surface area contributed by atoms with Crippen molar-refractivity contribution in [2.45, 2.75) is 24.6 Å². The average molecular weight is 258 g/mol. The quantitative estimate of drug-likeness (QED) is 0.209. The molecule has 3 unspecified atom stereocenters. The zero-order valence-corrected chi connectivity index (χ0v) is 9.78. The van der Waals surface area contributed by atoms with Gasteiger partial charge in [0.15, 0.2) is 17.7 Å². The number of aliphatic hydroxyl groups excluding tert-OH is 2. The summed E-state index contributed by atoms with van der Waals surface area (Å²) in [5.41, 5.74) is 15.7. The Morgan fingerprint density at radius 1 is 1.56 bits per heavy atom.